The Labute approximate surface area is 285 Å². The number of carbonyl (C=O) groups is 3. The van der Waals surface area contributed by atoms with E-state index in [1.807, 2.05) is 37.3 Å². The summed E-state index contributed by atoms with van der Waals surface area (Å²) in [5.41, 5.74) is 11.3. The molecule has 1 atom stereocenters. The Bertz CT molecular complexity index is 1710. The Morgan fingerprint density at radius 1 is 0.939 bits per heavy atom. The van der Waals surface area contributed by atoms with Crippen LogP contribution in [0, 0.1) is 18.8 Å². The summed E-state index contributed by atoms with van der Waals surface area (Å²) in [7, 11) is 0. The van der Waals surface area contributed by atoms with Crippen LogP contribution in [0.15, 0.2) is 60.8 Å². The molecule has 1 saturated heterocycles. The average molecular weight is 665 g/mol. The first-order valence-electron chi connectivity index (χ1n) is 17.1. The molecule has 13 nitrogen and oxygen atoms in total. The number of benzene rings is 2. The highest BCUT2D eigenvalue weighted by atomic mass is 16.2. The number of carbonyl (C=O) groups excluding carboxylic acids is 3. The molecule has 2 aromatic carbocycles. The molecule has 256 valence electrons. The first-order chi connectivity index (χ1) is 23.9. The Morgan fingerprint density at radius 3 is 2.31 bits per heavy atom. The van der Waals surface area contributed by atoms with E-state index < -0.39 is 6.04 Å². The van der Waals surface area contributed by atoms with E-state index in [1.54, 1.807) is 30.5 Å². The minimum atomic E-state index is -0.788. The van der Waals surface area contributed by atoms with Crippen molar-refractivity contribution in [3.8, 4) is 22.5 Å². The Kier molecular flexibility index (Phi) is 11.0. The zero-order valence-corrected chi connectivity index (χ0v) is 27.7. The van der Waals surface area contributed by atoms with Crippen molar-refractivity contribution in [2.45, 2.75) is 64.0 Å². The molecule has 13 heteroatoms. The quantitative estimate of drug-likeness (QED) is 0.140. The van der Waals surface area contributed by atoms with Gasteiger partial charge in [-0.2, -0.15) is 5.21 Å². The first kappa shape index (κ1) is 33.9. The number of piperidine rings is 1. The molecule has 6 rings (SSSR count). The summed E-state index contributed by atoms with van der Waals surface area (Å²) in [6.07, 6.45) is 7.22. The normalized spacial score (nSPS) is 18.7. The third kappa shape index (κ3) is 8.72. The molecule has 3 amide bonds. The van der Waals surface area contributed by atoms with E-state index in [4.69, 9.17) is 5.73 Å². The van der Waals surface area contributed by atoms with Crippen LogP contribution in [0.4, 0.5) is 5.69 Å². The number of aromatic amines is 1. The number of nitrogens with zero attached hydrogens (tertiary/aromatic N) is 4. The summed E-state index contributed by atoms with van der Waals surface area (Å²) in [6, 6.07) is 16.2. The van der Waals surface area contributed by atoms with E-state index in [0.29, 0.717) is 36.1 Å². The molecule has 1 aliphatic heterocycles. The van der Waals surface area contributed by atoms with Gasteiger partial charge in [-0.25, -0.2) is 0 Å². The van der Waals surface area contributed by atoms with Crippen LogP contribution in [0.25, 0.3) is 22.5 Å². The number of pyridine rings is 1. The molecule has 3 heterocycles. The fourth-order valence-electron chi connectivity index (χ4n) is 6.64. The molecule has 2 aliphatic rings. The molecule has 1 aliphatic carbocycles. The van der Waals surface area contributed by atoms with E-state index in [-0.39, 0.29) is 29.7 Å². The first-order valence-corrected chi connectivity index (χ1v) is 17.1. The molecule has 7 N–H and O–H groups in total. The summed E-state index contributed by atoms with van der Waals surface area (Å²) in [4.78, 5) is 44.4. The van der Waals surface area contributed by atoms with Crippen LogP contribution in [-0.4, -0.2) is 75.0 Å². The lowest BCUT2D eigenvalue weighted by Crippen LogP contribution is -2.48. The second-order valence-electron chi connectivity index (χ2n) is 13.1. The van der Waals surface area contributed by atoms with Crippen molar-refractivity contribution >= 4 is 23.4 Å². The number of anilines is 1. The number of amides is 3. The SMILES string of the molecule is Cc1cc(C(=O)NC2CCNCC2)ncc1-c1ccc(CC(NC(=O)C2CCC(CN)CC2)C(=O)Nc2ccc(-c3nn[nH]n3)cc2)cc1. The summed E-state index contributed by atoms with van der Waals surface area (Å²) in [5.74, 6) is 0.192. The predicted molar refractivity (Wildman–Crippen MR) is 186 cm³/mol. The second-order valence-corrected chi connectivity index (χ2v) is 13.1. The lowest BCUT2D eigenvalue weighted by atomic mass is 9.81. The van der Waals surface area contributed by atoms with Crippen molar-refractivity contribution in [1.29, 1.82) is 0 Å². The zero-order valence-electron chi connectivity index (χ0n) is 27.7. The van der Waals surface area contributed by atoms with Gasteiger partial charge in [-0.05, 0) is 123 Å². The monoisotopic (exact) mass is 664 g/mol. The lowest BCUT2D eigenvalue weighted by molar-refractivity contribution is -0.130. The highest BCUT2D eigenvalue weighted by Gasteiger charge is 2.29. The van der Waals surface area contributed by atoms with Gasteiger partial charge in [-0.1, -0.05) is 24.3 Å². The summed E-state index contributed by atoms with van der Waals surface area (Å²) >= 11 is 0. The molecular formula is C36H44N10O3. The van der Waals surface area contributed by atoms with Gasteiger partial charge in [0.1, 0.15) is 11.7 Å². The van der Waals surface area contributed by atoms with Gasteiger partial charge < -0.3 is 27.0 Å². The van der Waals surface area contributed by atoms with Crippen LogP contribution < -0.4 is 27.0 Å². The van der Waals surface area contributed by atoms with Crippen molar-refractivity contribution in [3.05, 3.63) is 77.6 Å². The number of hydrogen-bond acceptors (Lipinski definition) is 9. The molecule has 2 fully saturated rings. The van der Waals surface area contributed by atoms with Crippen molar-refractivity contribution in [2.24, 2.45) is 17.6 Å². The molecule has 2 aromatic heterocycles. The molecular weight excluding hydrogens is 620 g/mol. The molecule has 0 bridgehead atoms. The van der Waals surface area contributed by atoms with E-state index >= 15 is 0 Å². The third-order valence-corrected chi connectivity index (χ3v) is 9.66. The van der Waals surface area contributed by atoms with Gasteiger partial charge in [-0.15, -0.1) is 10.2 Å². The average Bonchev–Trinajstić information content (AvgIpc) is 3.68. The highest BCUT2D eigenvalue weighted by Crippen LogP contribution is 2.29. The summed E-state index contributed by atoms with van der Waals surface area (Å²) in [5, 5.41) is 26.4. The predicted octanol–water partition coefficient (Wildman–Crippen LogP) is 3.15. The maximum absolute atomic E-state index is 13.7. The maximum Gasteiger partial charge on any atom is 0.270 e. The summed E-state index contributed by atoms with van der Waals surface area (Å²) < 4.78 is 0. The molecule has 0 spiro atoms. The van der Waals surface area contributed by atoms with Crippen molar-refractivity contribution in [2.75, 3.05) is 25.0 Å². The number of aromatic nitrogens is 5. The van der Waals surface area contributed by atoms with Gasteiger partial charge >= 0.3 is 0 Å². The van der Waals surface area contributed by atoms with Crippen LogP contribution in [0.3, 0.4) is 0 Å². The van der Waals surface area contributed by atoms with Crippen molar-refractivity contribution in [3.63, 3.8) is 0 Å². The van der Waals surface area contributed by atoms with Crippen LogP contribution in [0.1, 0.15) is 60.1 Å². The Hall–Kier alpha value is -5.01. The number of nitrogens with one attached hydrogen (secondary N) is 5. The molecule has 49 heavy (non-hydrogen) atoms. The lowest BCUT2D eigenvalue weighted by Gasteiger charge is -2.28. The Balaban J connectivity index is 1.14. The molecule has 0 radical (unpaired) electrons. The minimum Gasteiger partial charge on any atom is -0.348 e. The minimum absolute atomic E-state index is 0.106. The van der Waals surface area contributed by atoms with Gasteiger partial charge in [-0.3, -0.25) is 19.4 Å². The zero-order chi connectivity index (χ0) is 34.2. The number of tetrazole rings is 1. The second kappa shape index (κ2) is 15.9. The highest BCUT2D eigenvalue weighted by molar-refractivity contribution is 5.98. The van der Waals surface area contributed by atoms with Gasteiger partial charge in [0.15, 0.2) is 0 Å². The smallest absolute Gasteiger partial charge is 0.270 e. The van der Waals surface area contributed by atoms with Crippen LogP contribution >= 0.6 is 0 Å². The van der Waals surface area contributed by atoms with E-state index in [0.717, 1.165) is 79.4 Å². The number of hydrogen-bond donors (Lipinski definition) is 6. The Morgan fingerprint density at radius 2 is 1.65 bits per heavy atom. The fourth-order valence-corrected chi connectivity index (χ4v) is 6.64. The number of aryl methyl sites for hydroxylation is 1. The number of nitrogens with two attached hydrogens (primary N) is 1. The van der Waals surface area contributed by atoms with Crippen LogP contribution in [-0.2, 0) is 16.0 Å². The molecule has 4 aromatic rings. The van der Waals surface area contributed by atoms with E-state index in [9.17, 15) is 14.4 Å². The van der Waals surface area contributed by atoms with Gasteiger partial charge in [0.05, 0.1) is 0 Å². The molecule has 1 unspecified atom stereocenters. The topological polar surface area (TPSA) is 193 Å². The van der Waals surface area contributed by atoms with Crippen molar-refractivity contribution in [1.82, 2.24) is 41.6 Å². The van der Waals surface area contributed by atoms with Gasteiger partial charge in [0.2, 0.25) is 17.6 Å². The van der Waals surface area contributed by atoms with Crippen molar-refractivity contribution < 1.29 is 14.4 Å². The standard InChI is InChI=1S/C36H44N10O3/c1-22-18-31(35(48)41-29-14-16-38-17-15-29)39-21-30(22)25-6-2-23(3-7-25)19-32(42-34(47)27-8-4-24(20-37)5-9-27)36(49)40-28-12-10-26(11-13-28)33-43-45-46-44-33/h2-3,6-7,10-13,18,21,24,27,29,32,38H,4-5,8-9,14-17,19-20,37H2,1H3,(H,40,49)(H,41,48)(H,42,47)(H,43,44,45,46). The van der Waals surface area contributed by atoms with Gasteiger partial charge in [0.25, 0.3) is 5.91 Å². The third-order valence-electron chi connectivity index (χ3n) is 9.66. The van der Waals surface area contributed by atoms with Crippen LogP contribution in [0.5, 0.6) is 0 Å². The largest absolute Gasteiger partial charge is 0.348 e. The van der Waals surface area contributed by atoms with E-state index in [2.05, 4.69) is 46.9 Å². The van der Waals surface area contributed by atoms with Crippen LogP contribution in [0.2, 0.25) is 0 Å². The number of rotatable bonds is 11. The summed E-state index contributed by atoms with van der Waals surface area (Å²) in [6.45, 7) is 4.40. The maximum atomic E-state index is 13.7. The van der Waals surface area contributed by atoms with Gasteiger partial charge in [0, 0.05) is 41.4 Å². The van der Waals surface area contributed by atoms with E-state index in [1.165, 1.54) is 0 Å². The number of H-pyrrole nitrogens is 1. The fraction of sp³-hybridized carbons (Fsp3) is 0.417. The molecule has 1 saturated carbocycles.